The first kappa shape index (κ1) is 16.0. The average Bonchev–Trinajstić information content (AvgIpc) is 3.38. The SMILES string of the molecule is O=S(=O)(CCC1CC1)Nc1ccccc1C(O)c1ccccn1. The number of aromatic nitrogens is 1. The van der Waals surface area contributed by atoms with Gasteiger partial charge >= 0.3 is 0 Å². The molecule has 1 saturated carbocycles. The summed E-state index contributed by atoms with van der Waals surface area (Å²) in [6.45, 7) is 0. The number of aliphatic hydroxyl groups excluding tert-OH is 1. The van der Waals surface area contributed by atoms with Gasteiger partial charge in [0.1, 0.15) is 6.10 Å². The Labute approximate surface area is 136 Å². The quantitative estimate of drug-likeness (QED) is 0.817. The lowest BCUT2D eigenvalue weighted by molar-refractivity contribution is 0.216. The molecule has 1 heterocycles. The molecule has 1 fully saturated rings. The summed E-state index contributed by atoms with van der Waals surface area (Å²) in [6.07, 6.45) is 3.58. The van der Waals surface area contributed by atoms with Gasteiger partial charge in [-0.05, 0) is 30.5 Å². The predicted octanol–water partition coefficient (Wildman–Crippen LogP) is 2.71. The van der Waals surface area contributed by atoms with Crippen molar-refractivity contribution in [1.82, 2.24) is 4.98 Å². The molecule has 1 aliphatic carbocycles. The number of para-hydroxylation sites is 1. The number of nitrogens with zero attached hydrogens (tertiary/aromatic N) is 1. The van der Waals surface area contributed by atoms with Crippen LogP contribution in [-0.2, 0) is 10.0 Å². The molecule has 0 spiro atoms. The highest BCUT2D eigenvalue weighted by atomic mass is 32.2. The minimum absolute atomic E-state index is 0.117. The van der Waals surface area contributed by atoms with Crippen molar-refractivity contribution < 1.29 is 13.5 Å². The summed E-state index contributed by atoms with van der Waals surface area (Å²) in [4.78, 5) is 4.13. The molecule has 1 atom stereocenters. The number of rotatable bonds is 7. The molecule has 0 radical (unpaired) electrons. The summed E-state index contributed by atoms with van der Waals surface area (Å²) in [5.41, 5.74) is 1.39. The third-order valence-electron chi connectivity index (χ3n) is 3.98. The number of anilines is 1. The van der Waals surface area contributed by atoms with Crippen molar-refractivity contribution in [2.75, 3.05) is 10.5 Å². The number of pyridine rings is 1. The Balaban J connectivity index is 1.80. The van der Waals surface area contributed by atoms with Crippen LogP contribution in [0.1, 0.15) is 36.6 Å². The van der Waals surface area contributed by atoms with E-state index in [1.54, 1.807) is 48.7 Å². The molecule has 2 N–H and O–H groups in total. The van der Waals surface area contributed by atoms with Gasteiger partial charge in [0.15, 0.2) is 0 Å². The Hall–Kier alpha value is -1.92. The van der Waals surface area contributed by atoms with Gasteiger partial charge in [0, 0.05) is 11.8 Å². The van der Waals surface area contributed by atoms with Crippen molar-refractivity contribution >= 4 is 15.7 Å². The molecule has 0 saturated heterocycles. The topological polar surface area (TPSA) is 79.3 Å². The van der Waals surface area contributed by atoms with Crippen LogP contribution in [0.5, 0.6) is 0 Å². The van der Waals surface area contributed by atoms with Gasteiger partial charge in [-0.1, -0.05) is 37.1 Å². The zero-order valence-corrected chi connectivity index (χ0v) is 13.5. The van der Waals surface area contributed by atoms with Crippen molar-refractivity contribution in [2.24, 2.45) is 5.92 Å². The molecule has 3 rings (SSSR count). The number of sulfonamides is 1. The fourth-order valence-corrected chi connectivity index (χ4v) is 3.74. The molecule has 0 bridgehead atoms. The summed E-state index contributed by atoms with van der Waals surface area (Å²) >= 11 is 0. The van der Waals surface area contributed by atoms with Gasteiger partial charge in [0.25, 0.3) is 0 Å². The lowest BCUT2D eigenvalue weighted by Crippen LogP contribution is -2.19. The summed E-state index contributed by atoms with van der Waals surface area (Å²) in [5, 5.41) is 10.5. The van der Waals surface area contributed by atoms with Crippen LogP contribution in [0.3, 0.4) is 0 Å². The van der Waals surface area contributed by atoms with Crippen molar-refractivity contribution in [3.63, 3.8) is 0 Å². The molecular formula is C17H20N2O3S. The maximum Gasteiger partial charge on any atom is 0.232 e. The standard InChI is InChI=1S/C17H20N2O3S/c20-17(16-7-3-4-11-18-16)14-5-1-2-6-15(14)19-23(21,22)12-10-13-8-9-13/h1-7,11,13,17,19-20H,8-10,12H2. The first-order valence-corrected chi connectivity index (χ1v) is 9.39. The Morgan fingerprint density at radius 2 is 1.91 bits per heavy atom. The lowest BCUT2D eigenvalue weighted by Gasteiger charge is -2.16. The van der Waals surface area contributed by atoms with Crippen LogP contribution >= 0.6 is 0 Å². The highest BCUT2D eigenvalue weighted by Gasteiger charge is 2.25. The minimum Gasteiger partial charge on any atom is -0.382 e. The van der Waals surface area contributed by atoms with Crippen molar-refractivity contribution in [3.8, 4) is 0 Å². The van der Waals surface area contributed by atoms with Gasteiger partial charge in [0.05, 0.1) is 17.1 Å². The van der Waals surface area contributed by atoms with Gasteiger partial charge in [-0.15, -0.1) is 0 Å². The third kappa shape index (κ3) is 4.30. The Morgan fingerprint density at radius 1 is 1.17 bits per heavy atom. The lowest BCUT2D eigenvalue weighted by atomic mass is 10.0. The van der Waals surface area contributed by atoms with Gasteiger partial charge in [-0.2, -0.15) is 0 Å². The molecule has 1 aliphatic rings. The molecule has 1 aromatic carbocycles. The van der Waals surface area contributed by atoms with Crippen LogP contribution in [0.2, 0.25) is 0 Å². The zero-order valence-electron chi connectivity index (χ0n) is 12.7. The van der Waals surface area contributed by atoms with Crippen LogP contribution in [0, 0.1) is 5.92 Å². The third-order valence-corrected chi connectivity index (χ3v) is 5.28. The zero-order chi connectivity index (χ0) is 16.3. The molecule has 1 aromatic heterocycles. The molecule has 23 heavy (non-hydrogen) atoms. The first-order valence-electron chi connectivity index (χ1n) is 7.73. The smallest absolute Gasteiger partial charge is 0.232 e. The first-order chi connectivity index (χ1) is 11.1. The number of hydrogen-bond acceptors (Lipinski definition) is 4. The van der Waals surface area contributed by atoms with Crippen LogP contribution < -0.4 is 4.72 Å². The second-order valence-corrected chi connectivity index (χ2v) is 7.74. The van der Waals surface area contributed by atoms with Gasteiger partial charge in [0.2, 0.25) is 10.0 Å². The van der Waals surface area contributed by atoms with E-state index in [1.807, 2.05) is 0 Å². The van der Waals surface area contributed by atoms with Crippen molar-refractivity contribution in [1.29, 1.82) is 0 Å². The number of hydrogen-bond donors (Lipinski definition) is 2. The number of aliphatic hydroxyl groups is 1. The molecule has 5 nitrogen and oxygen atoms in total. The molecule has 0 amide bonds. The van der Waals surface area contributed by atoms with Crippen LogP contribution in [-0.4, -0.2) is 24.3 Å². The van der Waals surface area contributed by atoms with Crippen LogP contribution in [0.25, 0.3) is 0 Å². The Morgan fingerprint density at radius 3 is 2.61 bits per heavy atom. The maximum absolute atomic E-state index is 12.2. The molecule has 6 heteroatoms. The predicted molar refractivity (Wildman–Crippen MR) is 89.5 cm³/mol. The summed E-state index contributed by atoms with van der Waals surface area (Å²) in [6, 6.07) is 12.1. The second kappa shape index (κ2) is 6.68. The van der Waals surface area contributed by atoms with Crippen LogP contribution in [0.15, 0.2) is 48.7 Å². The van der Waals surface area contributed by atoms with E-state index in [0.717, 1.165) is 12.8 Å². The van der Waals surface area contributed by atoms with Gasteiger partial charge in [-0.3, -0.25) is 9.71 Å². The molecule has 2 aromatic rings. The fourth-order valence-electron chi connectivity index (χ4n) is 2.47. The minimum atomic E-state index is -3.41. The molecule has 122 valence electrons. The average molecular weight is 332 g/mol. The number of nitrogens with one attached hydrogen (secondary N) is 1. The van der Waals surface area contributed by atoms with Gasteiger partial charge in [-0.25, -0.2) is 8.42 Å². The van der Waals surface area contributed by atoms with E-state index in [9.17, 15) is 13.5 Å². The Kier molecular flexibility index (Phi) is 4.63. The van der Waals surface area contributed by atoms with Crippen molar-refractivity contribution in [2.45, 2.75) is 25.4 Å². The molecular weight excluding hydrogens is 312 g/mol. The largest absolute Gasteiger partial charge is 0.382 e. The van der Waals surface area contributed by atoms with E-state index in [-0.39, 0.29) is 5.75 Å². The van der Waals surface area contributed by atoms with E-state index in [0.29, 0.717) is 29.3 Å². The van der Waals surface area contributed by atoms with Crippen LogP contribution in [0.4, 0.5) is 5.69 Å². The van der Waals surface area contributed by atoms with E-state index in [2.05, 4.69) is 9.71 Å². The molecule has 1 unspecified atom stereocenters. The normalized spacial score (nSPS) is 16.0. The highest BCUT2D eigenvalue weighted by Crippen LogP contribution is 2.33. The maximum atomic E-state index is 12.2. The van der Waals surface area contributed by atoms with Crippen molar-refractivity contribution in [3.05, 3.63) is 59.9 Å². The Bertz CT molecular complexity index is 758. The highest BCUT2D eigenvalue weighted by molar-refractivity contribution is 7.92. The van der Waals surface area contributed by atoms with E-state index in [4.69, 9.17) is 0 Å². The van der Waals surface area contributed by atoms with E-state index in [1.165, 1.54) is 0 Å². The second-order valence-electron chi connectivity index (χ2n) is 5.90. The summed E-state index contributed by atoms with van der Waals surface area (Å²) < 4.78 is 27.1. The van der Waals surface area contributed by atoms with E-state index < -0.39 is 16.1 Å². The van der Waals surface area contributed by atoms with E-state index >= 15 is 0 Å². The summed E-state index contributed by atoms with van der Waals surface area (Å²) in [7, 11) is -3.41. The monoisotopic (exact) mass is 332 g/mol. The fraction of sp³-hybridized carbons (Fsp3) is 0.353. The summed E-state index contributed by atoms with van der Waals surface area (Å²) in [5.74, 6) is 0.673. The molecule has 0 aliphatic heterocycles. The van der Waals surface area contributed by atoms with Gasteiger partial charge < -0.3 is 5.11 Å². The number of benzene rings is 1.